The molecule has 0 radical (unpaired) electrons. The molecular formula is C21H19FN2O3S. The van der Waals surface area contributed by atoms with E-state index in [1.807, 2.05) is 0 Å². The molecule has 0 atom stereocenters. The lowest BCUT2D eigenvalue weighted by molar-refractivity contribution is 0.0951. The summed E-state index contributed by atoms with van der Waals surface area (Å²) in [6, 6.07) is 18.9. The van der Waals surface area contributed by atoms with Crippen molar-refractivity contribution in [3.05, 3.63) is 95.3 Å². The first-order chi connectivity index (χ1) is 13.3. The monoisotopic (exact) mass is 398 g/mol. The molecule has 28 heavy (non-hydrogen) atoms. The van der Waals surface area contributed by atoms with Crippen molar-refractivity contribution in [2.45, 2.75) is 18.4 Å². The van der Waals surface area contributed by atoms with Crippen molar-refractivity contribution in [1.82, 2.24) is 5.32 Å². The fourth-order valence-electron chi connectivity index (χ4n) is 2.57. The smallest absolute Gasteiger partial charge is 0.261 e. The zero-order chi connectivity index (χ0) is 20.1. The Hall–Kier alpha value is -3.19. The molecule has 2 N–H and O–H groups in total. The summed E-state index contributed by atoms with van der Waals surface area (Å²) in [5.41, 5.74) is 1.74. The van der Waals surface area contributed by atoms with E-state index >= 15 is 0 Å². The van der Waals surface area contributed by atoms with E-state index in [-0.39, 0.29) is 28.9 Å². The van der Waals surface area contributed by atoms with Crippen molar-refractivity contribution in [3.63, 3.8) is 0 Å². The molecule has 3 aromatic carbocycles. The largest absolute Gasteiger partial charge is 0.348 e. The van der Waals surface area contributed by atoms with Gasteiger partial charge in [-0.05, 0) is 54.4 Å². The SMILES string of the molecule is Cc1ccc(CNC(=O)c2cccc(NS(=O)(=O)c3ccccc3)c2)cc1F. The zero-order valence-electron chi connectivity index (χ0n) is 15.1. The Labute approximate surface area is 163 Å². The van der Waals surface area contributed by atoms with Crippen molar-refractivity contribution in [1.29, 1.82) is 0 Å². The standard InChI is InChI=1S/C21H19FN2O3S/c1-15-10-11-16(12-20(15)22)14-23-21(25)17-6-5-7-18(13-17)24-28(26,27)19-8-3-2-4-9-19/h2-13,24H,14H2,1H3,(H,23,25). The third-order valence-electron chi connectivity index (χ3n) is 4.12. The van der Waals surface area contributed by atoms with E-state index in [4.69, 9.17) is 0 Å². The Morgan fingerprint density at radius 3 is 2.43 bits per heavy atom. The van der Waals surface area contributed by atoms with Crippen LogP contribution in [0, 0.1) is 12.7 Å². The summed E-state index contributed by atoms with van der Waals surface area (Å²) in [7, 11) is -3.74. The molecule has 5 nitrogen and oxygen atoms in total. The summed E-state index contributed by atoms with van der Waals surface area (Å²) in [6.07, 6.45) is 0. The number of aryl methyl sites for hydroxylation is 1. The van der Waals surface area contributed by atoms with Crippen molar-refractivity contribution < 1.29 is 17.6 Å². The van der Waals surface area contributed by atoms with Gasteiger partial charge in [0, 0.05) is 17.8 Å². The first-order valence-corrected chi connectivity index (χ1v) is 10.0. The average molecular weight is 398 g/mol. The molecule has 0 heterocycles. The Kier molecular flexibility index (Phi) is 5.75. The highest BCUT2D eigenvalue weighted by Crippen LogP contribution is 2.17. The van der Waals surface area contributed by atoms with Crippen LogP contribution in [0.25, 0.3) is 0 Å². The third-order valence-corrected chi connectivity index (χ3v) is 5.52. The Morgan fingerprint density at radius 2 is 1.71 bits per heavy atom. The average Bonchev–Trinajstić information content (AvgIpc) is 2.69. The summed E-state index contributed by atoms with van der Waals surface area (Å²) in [5, 5.41) is 2.70. The second kappa shape index (κ2) is 8.22. The Balaban J connectivity index is 1.70. The number of hydrogen-bond donors (Lipinski definition) is 2. The quantitative estimate of drug-likeness (QED) is 0.662. The van der Waals surface area contributed by atoms with Gasteiger partial charge in [-0.25, -0.2) is 12.8 Å². The highest BCUT2D eigenvalue weighted by atomic mass is 32.2. The molecule has 0 aliphatic heterocycles. The number of hydrogen-bond acceptors (Lipinski definition) is 3. The van der Waals surface area contributed by atoms with E-state index in [2.05, 4.69) is 10.0 Å². The van der Waals surface area contributed by atoms with E-state index in [9.17, 15) is 17.6 Å². The van der Waals surface area contributed by atoms with E-state index in [1.165, 1.54) is 24.3 Å². The first-order valence-electron chi connectivity index (χ1n) is 8.56. The van der Waals surface area contributed by atoms with Gasteiger partial charge in [0.15, 0.2) is 0 Å². The number of sulfonamides is 1. The highest BCUT2D eigenvalue weighted by Gasteiger charge is 2.14. The van der Waals surface area contributed by atoms with Crippen LogP contribution in [-0.2, 0) is 16.6 Å². The van der Waals surface area contributed by atoms with Crippen LogP contribution < -0.4 is 10.0 Å². The minimum atomic E-state index is -3.74. The van der Waals surface area contributed by atoms with Crippen LogP contribution in [0.3, 0.4) is 0 Å². The summed E-state index contributed by atoms with van der Waals surface area (Å²) >= 11 is 0. The van der Waals surface area contributed by atoms with E-state index in [0.717, 1.165) is 0 Å². The van der Waals surface area contributed by atoms with Gasteiger partial charge in [0.25, 0.3) is 15.9 Å². The predicted octanol–water partition coefficient (Wildman–Crippen LogP) is 3.86. The van der Waals surface area contributed by atoms with Gasteiger partial charge in [-0.2, -0.15) is 0 Å². The second-order valence-electron chi connectivity index (χ2n) is 6.27. The van der Waals surface area contributed by atoms with Crippen LogP contribution in [0.4, 0.5) is 10.1 Å². The molecule has 1 amide bonds. The maximum absolute atomic E-state index is 13.6. The summed E-state index contributed by atoms with van der Waals surface area (Å²) in [6.45, 7) is 1.83. The minimum absolute atomic E-state index is 0.131. The number of halogens is 1. The molecular weight excluding hydrogens is 379 g/mol. The maximum atomic E-state index is 13.6. The lowest BCUT2D eigenvalue weighted by Gasteiger charge is -2.10. The van der Waals surface area contributed by atoms with Gasteiger partial charge in [-0.3, -0.25) is 9.52 Å². The van der Waals surface area contributed by atoms with E-state index < -0.39 is 10.0 Å². The number of rotatable bonds is 6. The number of amides is 1. The van der Waals surface area contributed by atoms with Gasteiger partial charge in [-0.1, -0.05) is 36.4 Å². The molecule has 7 heteroatoms. The lowest BCUT2D eigenvalue weighted by Crippen LogP contribution is -2.23. The van der Waals surface area contributed by atoms with Crippen LogP contribution in [0.1, 0.15) is 21.5 Å². The summed E-state index contributed by atoms with van der Waals surface area (Å²) < 4.78 is 40.9. The third kappa shape index (κ3) is 4.75. The minimum Gasteiger partial charge on any atom is -0.348 e. The summed E-state index contributed by atoms with van der Waals surface area (Å²) in [4.78, 5) is 12.5. The van der Waals surface area contributed by atoms with Crippen molar-refractivity contribution in [2.75, 3.05) is 4.72 Å². The maximum Gasteiger partial charge on any atom is 0.261 e. The lowest BCUT2D eigenvalue weighted by atomic mass is 10.1. The van der Waals surface area contributed by atoms with Crippen molar-refractivity contribution in [2.24, 2.45) is 0 Å². The van der Waals surface area contributed by atoms with Crippen LogP contribution in [-0.4, -0.2) is 14.3 Å². The molecule has 0 aliphatic carbocycles. The predicted molar refractivity (Wildman–Crippen MR) is 106 cm³/mol. The van der Waals surface area contributed by atoms with Crippen LogP contribution in [0.2, 0.25) is 0 Å². The molecule has 0 spiro atoms. The van der Waals surface area contributed by atoms with Gasteiger partial charge >= 0.3 is 0 Å². The Morgan fingerprint density at radius 1 is 0.964 bits per heavy atom. The zero-order valence-corrected chi connectivity index (χ0v) is 16.0. The van der Waals surface area contributed by atoms with Crippen molar-refractivity contribution in [3.8, 4) is 0 Å². The number of benzene rings is 3. The molecule has 0 saturated carbocycles. The van der Waals surface area contributed by atoms with Crippen LogP contribution in [0.15, 0.2) is 77.7 Å². The van der Waals surface area contributed by atoms with Gasteiger partial charge in [0.2, 0.25) is 0 Å². The van der Waals surface area contributed by atoms with Crippen molar-refractivity contribution >= 4 is 21.6 Å². The number of anilines is 1. The molecule has 144 valence electrons. The van der Waals surface area contributed by atoms with Crippen LogP contribution in [0.5, 0.6) is 0 Å². The second-order valence-corrected chi connectivity index (χ2v) is 7.95. The fraction of sp³-hybridized carbons (Fsp3) is 0.0952. The fourth-order valence-corrected chi connectivity index (χ4v) is 3.64. The van der Waals surface area contributed by atoms with Gasteiger partial charge in [0.1, 0.15) is 5.82 Å². The van der Waals surface area contributed by atoms with Gasteiger partial charge in [0.05, 0.1) is 4.90 Å². The highest BCUT2D eigenvalue weighted by molar-refractivity contribution is 7.92. The number of carbonyl (C=O) groups excluding carboxylic acids is 1. The molecule has 0 aromatic heterocycles. The topological polar surface area (TPSA) is 75.3 Å². The molecule has 0 aliphatic rings. The molecule has 0 fully saturated rings. The van der Waals surface area contributed by atoms with Gasteiger partial charge in [-0.15, -0.1) is 0 Å². The first kappa shape index (κ1) is 19.6. The number of nitrogens with one attached hydrogen (secondary N) is 2. The molecule has 0 unspecified atom stereocenters. The van der Waals surface area contributed by atoms with E-state index in [1.54, 1.807) is 55.5 Å². The van der Waals surface area contributed by atoms with Gasteiger partial charge < -0.3 is 5.32 Å². The molecule has 0 bridgehead atoms. The normalized spacial score (nSPS) is 11.1. The summed E-state index contributed by atoms with van der Waals surface area (Å²) in [5.74, 6) is -0.717. The Bertz CT molecular complexity index is 1100. The van der Waals surface area contributed by atoms with E-state index in [0.29, 0.717) is 16.7 Å². The van der Waals surface area contributed by atoms with Crippen LogP contribution >= 0.6 is 0 Å². The molecule has 3 aromatic rings. The molecule has 0 saturated heterocycles. The molecule has 3 rings (SSSR count). The number of carbonyl (C=O) groups is 1.